The molecule has 0 aromatic heterocycles. The highest BCUT2D eigenvalue weighted by Gasteiger charge is 2.12. The molecule has 0 heterocycles. The van der Waals surface area contributed by atoms with Gasteiger partial charge in [0.15, 0.2) is 6.29 Å². The molecule has 0 fully saturated rings. The van der Waals surface area contributed by atoms with E-state index in [0.717, 1.165) is 11.8 Å². The van der Waals surface area contributed by atoms with Gasteiger partial charge in [-0.3, -0.25) is 0 Å². The molecule has 0 aliphatic carbocycles. The van der Waals surface area contributed by atoms with Crippen LogP contribution in [0.3, 0.4) is 0 Å². The maximum absolute atomic E-state index is 10.6. The highest BCUT2D eigenvalue weighted by molar-refractivity contribution is 5.62. The average molecular weight is 180 g/mol. The van der Waals surface area contributed by atoms with Crippen LogP contribution < -0.4 is 4.74 Å². The predicted molar refractivity (Wildman–Crippen MR) is 48.8 cm³/mol. The van der Waals surface area contributed by atoms with Crippen molar-refractivity contribution in [1.29, 1.82) is 0 Å². The number of para-hydroxylation sites is 1. The van der Waals surface area contributed by atoms with Gasteiger partial charge in [-0.15, -0.1) is 0 Å². The smallest absolute Gasteiger partial charge is 0.153 e. The fraction of sp³-hybridized carbons (Fsp3) is 0.300. The number of carbonyl (C=O) groups is 1. The van der Waals surface area contributed by atoms with Crippen molar-refractivity contribution in [3.63, 3.8) is 0 Å². The van der Waals surface area contributed by atoms with Crippen LogP contribution in [0.15, 0.2) is 24.3 Å². The highest BCUT2D eigenvalue weighted by Crippen LogP contribution is 2.25. The molecule has 1 rings (SSSR count). The molecule has 0 aliphatic heterocycles. The Morgan fingerprint density at radius 1 is 1.31 bits per heavy atom. The van der Waals surface area contributed by atoms with Crippen molar-refractivity contribution in [2.45, 2.75) is 6.10 Å². The first-order valence-electron chi connectivity index (χ1n) is 3.94. The number of hydrogen-bond acceptors (Lipinski definition) is 3. The summed E-state index contributed by atoms with van der Waals surface area (Å²) in [4.78, 5) is 10.6. The molecule has 0 amide bonds. The van der Waals surface area contributed by atoms with Gasteiger partial charge in [0.25, 0.3) is 0 Å². The number of methoxy groups -OCH3 is 2. The molecule has 3 heteroatoms. The fourth-order valence-electron chi connectivity index (χ4n) is 1.16. The van der Waals surface area contributed by atoms with E-state index in [1.54, 1.807) is 19.2 Å². The van der Waals surface area contributed by atoms with Gasteiger partial charge in [0, 0.05) is 12.7 Å². The van der Waals surface area contributed by atoms with E-state index in [2.05, 4.69) is 0 Å². The third-order valence-corrected chi connectivity index (χ3v) is 1.82. The molecule has 0 spiro atoms. The zero-order valence-corrected chi connectivity index (χ0v) is 7.69. The Labute approximate surface area is 77.3 Å². The summed E-state index contributed by atoms with van der Waals surface area (Å²) >= 11 is 0. The zero-order chi connectivity index (χ0) is 9.68. The van der Waals surface area contributed by atoms with Gasteiger partial charge in [-0.25, -0.2) is 0 Å². The van der Waals surface area contributed by atoms with Crippen molar-refractivity contribution in [2.75, 3.05) is 14.2 Å². The van der Waals surface area contributed by atoms with Crippen molar-refractivity contribution in [3.05, 3.63) is 29.8 Å². The first-order chi connectivity index (χ1) is 6.33. The molecule has 1 atom stereocenters. The van der Waals surface area contributed by atoms with Gasteiger partial charge in [0.1, 0.15) is 11.9 Å². The fourth-order valence-corrected chi connectivity index (χ4v) is 1.16. The Kier molecular flexibility index (Phi) is 3.46. The van der Waals surface area contributed by atoms with E-state index in [-0.39, 0.29) is 0 Å². The topological polar surface area (TPSA) is 35.5 Å². The summed E-state index contributed by atoms with van der Waals surface area (Å²) in [5.41, 5.74) is 0.752. The molecule has 0 radical (unpaired) electrons. The molecular weight excluding hydrogens is 168 g/mol. The Morgan fingerprint density at radius 2 is 2.00 bits per heavy atom. The number of hydrogen-bond donors (Lipinski definition) is 0. The van der Waals surface area contributed by atoms with Gasteiger partial charge in [0.2, 0.25) is 0 Å². The number of rotatable bonds is 4. The van der Waals surface area contributed by atoms with E-state index in [9.17, 15) is 4.79 Å². The second-order valence-corrected chi connectivity index (χ2v) is 2.53. The molecule has 0 bridgehead atoms. The molecule has 0 unspecified atom stereocenters. The van der Waals surface area contributed by atoms with Crippen LogP contribution in [0.4, 0.5) is 0 Å². The quantitative estimate of drug-likeness (QED) is 0.660. The van der Waals surface area contributed by atoms with E-state index in [1.165, 1.54) is 7.11 Å². The molecule has 0 aliphatic rings. The van der Waals surface area contributed by atoms with Crippen molar-refractivity contribution >= 4 is 6.29 Å². The summed E-state index contributed by atoms with van der Waals surface area (Å²) in [5.74, 6) is 0.668. The average Bonchev–Trinajstić information content (AvgIpc) is 2.20. The van der Waals surface area contributed by atoms with Crippen LogP contribution in [-0.2, 0) is 9.53 Å². The van der Waals surface area contributed by atoms with E-state index < -0.39 is 6.10 Å². The largest absolute Gasteiger partial charge is 0.496 e. The second kappa shape index (κ2) is 4.62. The number of ether oxygens (including phenoxy) is 2. The zero-order valence-electron chi connectivity index (χ0n) is 7.69. The molecule has 13 heavy (non-hydrogen) atoms. The lowest BCUT2D eigenvalue weighted by molar-refractivity contribution is -0.116. The summed E-state index contributed by atoms with van der Waals surface area (Å²) in [5, 5.41) is 0. The van der Waals surface area contributed by atoms with Crippen LogP contribution in [0.1, 0.15) is 11.7 Å². The second-order valence-electron chi connectivity index (χ2n) is 2.53. The van der Waals surface area contributed by atoms with Crippen molar-refractivity contribution in [3.8, 4) is 5.75 Å². The molecule has 1 aromatic carbocycles. The SMILES string of the molecule is COc1ccccc1[C@H](C=O)OC. The van der Waals surface area contributed by atoms with Gasteiger partial charge < -0.3 is 14.3 Å². The van der Waals surface area contributed by atoms with Crippen LogP contribution in [0.2, 0.25) is 0 Å². The lowest BCUT2D eigenvalue weighted by Gasteiger charge is -2.12. The van der Waals surface area contributed by atoms with Crippen molar-refractivity contribution < 1.29 is 14.3 Å². The number of carbonyl (C=O) groups excluding carboxylic acids is 1. The maximum Gasteiger partial charge on any atom is 0.153 e. The molecule has 3 nitrogen and oxygen atoms in total. The van der Waals surface area contributed by atoms with Crippen LogP contribution in [0.25, 0.3) is 0 Å². The minimum absolute atomic E-state index is 0.545. The van der Waals surface area contributed by atoms with Gasteiger partial charge in [-0.05, 0) is 6.07 Å². The Bertz CT molecular complexity index is 283. The van der Waals surface area contributed by atoms with Crippen molar-refractivity contribution in [1.82, 2.24) is 0 Å². The Balaban J connectivity index is 3.03. The van der Waals surface area contributed by atoms with Gasteiger partial charge in [0.05, 0.1) is 7.11 Å². The van der Waals surface area contributed by atoms with Gasteiger partial charge in [-0.2, -0.15) is 0 Å². The standard InChI is InChI=1S/C10H12O3/c1-12-9-6-4-3-5-8(9)10(7-11)13-2/h3-7,10H,1-2H3/t10-/m0/s1. The summed E-state index contributed by atoms with van der Waals surface area (Å²) < 4.78 is 10.1. The van der Waals surface area contributed by atoms with Crippen LogP contribution >= 0.6 is 0 Å². The molecular formula is C10H12O3. The summed E-state index contributed by atoms with van der Waals surface area (Å²) in [7, 11) is 3.06. The minimum atomic E-state index is -0.545. The van der Waals surface area contributed by atoms with E-state index in [4.69, 9.17) is 9.47 Å². The monoisotopic (exact) mass is 180 g/mol. The molecule has 0 saturated heterocycles. The van der Waals surface area contributed by atoms with Gasteiger partial charge >= 0.3 is 0 Å². The molecule has 1 aromatic rings. The first kappa shape index (κ1) is 9.74. The molecule has 70 valence electrons. The van der Waals surface area contributed by atoms with Gasteiger partial charge in [-0.1, -0.05) is 18.2 Å². The van der Waals surface area contributed by atoms with E-state index >= 15 is 0 Å². The lowest BCUT2D eigenvalue weighted by atomic mass is 10.1. The molecule has 0 saturated carbocycles. The Morgan fingerprint density at radius 3 is 2.54 bits per heavy atom. The molecule has 0 N–H and O–H groups in total. The minimum Gasteiger partial charge on any atom is -0.496 e. The summed E-state index contributed by atoms with van der Waals surface area (Å²) in [6, 6.07) is 7.29. The third-order valence-electron chi connectivity index (χ3n) is 1.82. The summed E-state index contributed by atoms with van der Waals surface area (Å²) in [6.45, 7) is 0. The van der Waals surface area contributed by atoms with Crippen LogP contribution in [-0.4, -0.2) is 20.5 Å². The summed E-state index contributed by atoms with van der Waals surface area (Å²) in [6.07, 6.45) is 0.203. The highest BCUT2D eigenvalue weighted by atomic mass is 16.5. The number of benzene rings is 1. The van der Waals surface area contributed by atoms with E-state index in [0.29, 0.717) is 5.75 Å². The normalized spacial score (nSPS) is 12.2. The predicted octanol–water partition coefficient (Wildman–Crippen LogP) is 1.58. The van der Waals surface area contributed by atoms with Crippen molar-refractivity contribution in [2.24, 2.45) is 0 Å². The lowest BCUT2D eigenvalue weighted by Crippen LogP contribution is -2.04. The number of aldehydes is 1. The van der Waals surface area contributed by atoms with Crippen LogP contribution in [0, 0.1) is 0 Å². The third kappa shape index (κ3) is 2.06. The first-order valence-corrected chi connectivity index (χ1v) is 3.94. The maximum atomic E-state index is 10.6. The van der Waals surface area contributed by atoms with E-state index in [1.807, 2.05) is 12.1 Å². The Hall–Kier alpha value is -1.35. The van der Waals surface area contributed by atoms with Crippen LogP contribution in [0.5, 0.6) is 5.75 Å².